The van der Waals surface area contributed by atoms with Gasteiger partial charge in [-0.3, -0.25) is 4.79 Å². The lowest BCUT2D eigenvalue weighted by atomic mass is 9.99. The summed E-state index contributed by atoms with van der Waals surface area (Å²) in [7, 11) is 0. The predicted octanol–water partition coefficient (Wildman–Crippen LogP) is 4.20. The zero-order valence-electron chi connectivity index (χ0n) is 12.7. The van der Waals surface area contributed by atoms with Gasteiger partial charge in [-0.1, -0.05) is 19.1 Å². The van der Waals surface area contributed by atoms with Crippen LogP contribution in [0.2, 0.25) is 0 Å². The van der Waals surface area contributed by atoms with E-state index < -0.39 is 0 Å². The van der Waals surface area contributed by atoms with E-state index in [1.807, 2.05) is 11.0 Å². The maximum atomic E-state index is 12.9. The normalized spacial score (nSPS) is 19.1. The van der Waals surface area contributed by atoms with Crippen LogP contribution in [0.3, 0.4) is 0 Å². The third kappa shape index (κ3) is 2.53. The van der Waals surface area contributed by atoms with Gasteiger partial charge < -0.3 is 10.6 Å². The molecule has 1 saturated heterocycles. The molecule has 3 rings (SSSR count). The first-order valence-corrected chi connectivity index (χ1v) is 8.53. The number of piperidine rings is 1. The number of anilines is 1. The highest BCUT2D eigenvalue weighted by Crippen LogP contribution is 2.36. The molecule has 1 aliphatic rings. The molecule has 1 aromatic heterocycles. The van der Waals surface area contributed by atoms with E-state index in [4.69, 9.17) is 5.73 Å². The summed E-state index contributed by atoms with van der Waals surface area (Å²) >= 11 is 1.54. The van der Waals surface area contributed by atoms with Gasteiger partial charge in [-0.2, -0.15) is 0 Å². The molecule has 1 amide bonds. The number of thiophene rings is 1. The van der Waals surface area contributed by atoms with Gasteiger partial charge in [0.15, 0.2) is 0 Å². The molecule has 2 N–H and O–H groups in total. The Morgan fingerprint density at radius 1 is 1.43 bits per heavy atom. The van der Waals surface area contributed by atoms with Crippen LogP contribution >= 0.6 is 11.3 Å². The quantitative estimate of drug-likeness (QED) is 0.904. The molecule has 1 unspecified atom stereocenters. The number of aryl methyl sites for hydroxylation is 1. The van der Waals surface area contributed by atoms with Crippen molar-refractivity contribution in [2.75, 3.05) is 12.3 Å². The van der Waals surface area contributed by atoms with Crippen molar-refractivity contribution in [3.05, 3.63) is 28.6 Å². The van der Waals surface area contributed by atoms with Crippen molar-refractivity contribution in [1.29, 1.82) is 0 Å². The number of nitrogens with two attached hydrogens (primary N) is 1. The highest BCUT2D eigenvalue weighted by Gasteiger charge is 2.28. The fraction of sp³-hybridized carbons (Fsp3) is 0.471. The van der Waals surface area contributed by atoms with Gasteiger partial charge in [0.25, 0.3) is 5.91 Å². The third-order valence-electron chi connectivity index (χ3n) is 4.44. The molecule has 21 heavy (non-hydrogen) atoms. The highest BCUT2D eigenvalue weighted by molar-refractivity contribution is 7.21. The van der Waals surface area contributed by atoms with E-state index in [0.29, 0.717) is 11.7 Å². The number of rotatable bonds is 2. The van der Waals surface area contributed by atoms with Gasteiger partial charge >= 0.3 is 0 Å². The Kier molecular flexibility index (Phi) is 3.89. The summed E-state index contributed by atoms with van der Waals surface area (Å²) in [6, 6.07) is 6.56. The Labute approximate surface area is 129 Å². The number of nitrogens with zero attached hydrogens (tertiary/aromatic N) is 1. The number of carbonyl (C=O) groups is 1. The molecule has 2 heterocycles. The smallest absolute Gasteiger partial charge is 0.266 e. The number of carbonyl (C=O) groups excluding carboxylic acids is 1. The average molecular weight is 302 g/mol. The molecule has 112 valence electrons. The lowest BCUT2D eigenvalue weighted by Crippen LogP contribution is -2.43. The van der Waals surface area contributed by atoms with E-state index in [0.717, 1.165) is 40.8 Å². The molecular weight excluding hydrogens is 280 g/mol. The fourth-order valence-electron chi connectivity index (χ4n) is 3.21. The van der Waals surface area contributed by atoms with Crippen molar-refractivity contribution in [1.82, 2.24) is 4.90 Å². The second-order valence-corrected chi connectivity index (χ2v) is 6.95. The molecule has 0 aliphatic carbocycles. The van der Waals surface area contributed by atoms with Crippen molar-refractivity contribution < 1.29 is 4.79 Å². The second-order valence-electron chi connectivity index (χ2n) is 5.90. The largest absolute Gasteiger partial charge is 0.397 e. The maximum absolute atomic E-state index is 12.9. The van der Waals surface area contributed by atoms with Crippen molar-refractivity contribution in [2.24, 2.45) is 0 Å². The van der Waals surface area contributed by atoms with Crippen molar-refractivity contribution in [2.45, 2.75) is 45.6 Å². The summed E-state index contributed by atoms with van der Waals surface area (Å²) in [6.07, 6.45) is 4.47. The van der Waals surface area contributed by atoms with Crippen molar-refractivity contribution in [3.8, 4) is 0 Å². The number of benzene rings is 1. The average Bonchev–Trinajstić information content (AvgIpc) is 2.82. The molecule has 1 aliphatic heterocycles. The van der Waals surface area contributed by atoms with Crippen LogP contribution in [0, 0.1) is 6.92 Å². The summed E-state index contributed by atoms with van der Waals surface area (Å²) in [4.78, 5) is 15.7. The Balaban J connectivity index is 1.99. The number of amides is 1. The summed E-state index contributed by atoms with van der Waals surface area (Å²) in [6.45, 7) is 5.09. The van der Waals surface area contributed by atoms with E-state index in [2.05, 4.69) is 26.0 Å². The number of nitrogen functional groups attached to an aromatic ring is 1. The molecule has 3 nitrogen and oxygen atoms in total. The number of likely N-dealkylation sites (tertiary alicyclic amines) is 1. The van der Waals surface area contributed by atoms with Crippen molar-refractivity contribution in [3.63, 3.8) is 0 Å². The first-order chi connectivity index (χ1) is 10.1. The minimum absolute atomic E-state index is 0.123. The van der Waals surface area contributed by atoms with Gasteiger partial charge in [0, 0.05) is 22.7 Å². The van der Waals surface area contributed by atoms with E-state index in [1.165, 1.54) is 23.3 Å². The first kappa shape index (κ1) is 14.4. The van der Waals surface area contributed by atoms with Gasteiger partial charge in [0.2, 0.25) is 0 Å². The third-order valence-corrected chi connectivity index (χ3v) is 5.59. The zero-order valence-corrected chi connectivity index (χ0v) is 13.5. The van der Waals surface area contributed by atoms with Crippen LogP contribution in [0.4, 0.5) is 5.69 Å². The summed E-state index contributed by atoms with van der Waals surface area (Å²) < 4.78 is 1.11. The van der Waals surface area contributed by atoms with Crippen LogP contribution in [0.15, 0.2) is 18.2 Å². The van der Waals surface area contributed by atoms with Crippen LogP contribution < -0.4 is 5.73 Å². The topological polar surface area (TPSA) is 46.3 Å². The SMILES string of the molecule is CCC1CCCCN1C(=O)c1sc2cc(C)ccc2c1N. The molecule has 0 spiro atoms. The molecule has 1 atom stereocenters. The van der Waals surface area contributed by atoms with E-state index in [1.54, 1.807) is 0 Å². The van der Waals surface area contributed by atoms with Crippen LogP contribution in [0.25, 0.3) is 10.1 Å². The van der Waals surface area contributed by atoms with Gasteiger partial charge in [0.05, 0.1) is 5.69 Å². The monoisotopic (exact) mass is 302 g/mol. The molecule has 2 aromatic rings. The van der Waals surface area contributed by atoms with Crippen LogP contribution in [0.5, 0.6) is 0 Å². The van der Waals surface area contributed by atoms with Crippen LogP contribution in [-0.2, 0) is 0 Å². The zero-order chi connectivity index (χ0) is 15.0. The Morgan fingerprint density at radius 2 is 2.24 bits per heavy atom. The molecule has 1 aromatic carbocycles. The Morgan fingerprint density at radius 3 is 3.00 bits per heavy atom. The van der Waals surface area contributed by atoms with Gasteiger partial charge in [-0.05, 0) is 44.2 Å². The summed E-state index contributed by atoms with van der Waals surface area (Å²) in [5, 5.41) is 1.01. The minimum atomic E-state index is 0.123. The minimum Gasteiger partial charge on any atom is -0.397 e. The Hall–Kier alpha value is -1.55. The molecule has 0 radical (unpaired) electrons. The maximum Gasteiger partial charge on any atom is 0.266 e. The molecule has 0 saturated carbocycles. The highest BCUT2D eigenvalue weighted by atomic mass is 32.1. The number of hydrogen-bond acceptors (Lipinski definition) is 3. The lowest BCUT2D eigenvalue weighted by Gasteiger charge is -2.35. The second kappa shape index (κ2) is 5.68. The van der Waals surface area contributed by atoms with E-state index >= 15 is 0 Å². The molecule has 0 bridgehead atoms. The van der Waals surface area contributed by atoms with Crippen LogP contribution in [0.1, 0.15) is 47.8 Å². The van der Waals surface area contributed by atoms with E-state index in [9.17, 15) is 4.79 Å². The first-order valence-electron chi connectivity index (χ1n) is 7.71. The summed E-state index contributed by atoms with van der Waals surface area (Å²) in [5.41, 5.74) is 8.10. The van der Waals surface area contributed by atoms with E-state index in [-0.39, 0.29) is 5.91 Å². The van der Waals surface area contributed by atoms with Crippen LogP contribution in [-0.4, -0.2) is 23.4 Å². The lowest BCUT2D eigenvalue weighted by molar-refractivity contribution is 0.0614. The van der Waals surface area contributed by atoms with Crippen molar-refractivity contribution >= 4 is 33.0 Å². The van der Waals surface area contributed by atoms with Gasteiger partial charge in [-0.25, -0.2) is 0 Å². The Bertz CT molecular complexity index is 677. The van der Waals surface area contributed by atoms with Gasteiger partial charge in [-0.15, -0.1) is 11.3 Å². The fourth-order valence-corrected chi connectivity index (χ4v) is 4.38. The predicted molar refractivity (Wildman–Crippen MR) is 89.9 cm³/mol. The molecule has 4 heteroatoms. The number of hydrogen-bond donors (Lipinski definition) is 1. The summed E-state index contributed by atoms with van der Waals surface area (Å²) in [5.74, 6) is 0.123. The molecular formula is C17H22N2OS. The van der Waals surface area contributed by atoms with Gasteiger partial charge in [0.1, 0.15) is 4.88 Å². The standard InChI is InChI=1S/C17H22N2OS/c1-3-12-6-4-5-9-19(12)17(20)16-15(18)13-8-7-11(2)10-14(13)21-16/h7-8,10,12H,3-6,9,18H2,1-2H3. The molecule has 1 fully saturated rings. The number of fused-ring (bicyclic) bond motifs is 1.